The third-order valence-electron chi connectivity index (χ3n) is 2.42. The van der Waals surface area contributed by atoms with E-state index in [2.05, 4.69) is 5.32 Å². The minimum absolute atomic E-state index is 0.283. The molecule has 1 heterocycles. The predicted molar refractivity (Wildman–Crippen MR) is 62.9 cm³/mol. The van der Waals surface area contributed by atoms with Crippen molar-refractivity contribution in [3.05, 3.63) is 24.3 Å². The van der Waals surface area contributed by atoms with Gasteiger partial charge in [0.1, 0.15) is 0 Å². The normalized spacial score (nSPS) is 16.9. The van der Waals surface area contributed by atoms with Gasteiger partial charge in [-0.1, -0.05) is 18.2 Å². The van der Waals surface area contributed by atoms with Gasteiger partial charge >= 0.3 is 6.03 Å². The number of nitrogens with one attached hydrogen (secondary N) is 1. The van der Waals surface area contributed by atoms with Gasteiger partial charge in [-0.3, -0.25) is 10.1 Å². The van der Waals surface area contributed by atoms with Crippen molar-refractivity contribution < 1.29 is 9.59 Å². The number of amides is 3. The molecule has 1 rings (SSSR count). The summed E-state index contributed by atoms with van der Waals surface area (Å²) in [4.78, 5) is 24.6. The standard InChI is InChI=1S/C12H18N2O2/c1-2-3-5-8-11(15)13-12(16)14-9-6-4-7-10-14/h2-3,5,8H,4,6-7,9-10H2,1H3,(H,13,15,16)/b3-2+,8-5+. The quantitative estimate of drug-likeness (QED) is 0.572. The second-order valence-electron chi connectivity index (χ2n) is 3.73. The minimum Gasteiger partial charge on any atom is -0.324 e. The van der Waals surface area contributed by atoms with Crippen LogP contribution in [-0.2, 0) is 4.79 Å². The van der Waals surface area contributed by atoms with Gasteiger partial charge in [0.05, 0.1) is 0 Å². The number of piperidine rings is 1. The van der Waals surface area contributed by atoms with Crippen LogP contribution >= 0.6 is 0 Å². The van der Waals surface area contributed by atoms with E-state index in [-0.39, 0.29) is 11.9 Å². The van der Waals surface area contributed by atoms with Crippen LogP contribution in [0, 0.1) is 0 Å². The first-order chi connectivity index (χ1) is 7.74. The summed E-state index contributed by atoms with van der Waals surface area (Å²) in [6, 6.07) is -0.283. The highest BCUT2D eigenvalue weighted by atomic mass is 16.2. The van der Waals surface area contributed by atoms with Crippen LogP contribution in [0.1, 0.15) is 26.2 Å². The molecule has 0 aromatic carbocycles. The summed E-state index contributed by atoms with van der Waals surface area (Å²) in [6.07, 6.45) is 9.73. The van der Waals surface area contributed by atoms with E-state index in [0.717, 1.165) is 25.9 Å². The lowest BCUT2D eigenvalue weighted by atomic mass is 10.1. The van der Waals surface area contributed by atoms with Crippen LogP contribution in [0.2, 0.25) is 0 Å². The Bertz CT molecular complexity index is 302. The van der Waals surface area contributed by atoms with Gasteiger partial charge in [0.15, 0.2) is 0 Å². The van der Waals surface area contributed by atoms with Crippen LogP contribution in [-0.4, -0.2) is 29.9 Å². The fourth-order valence-corrected chi connectivity index (χ4v) is 1.58. The zero-order valence-corrected chi connectivity index (χ0v) is 9.61. The molecule has 0 aromatic rings. The highest BCUT2D eigenvalue weighted by Gasteiger charge is 2.17. The van der Waals surface area contributed by atoms with Crippen molar-refractivity contribution in [3.63, 3.8) is 0 Å². The maximum absolute atomic E-state index is 11.6. The maximum atomic E-state index is 11.6. The molecule has 1 saturated heterocycles. The van der Waals surface area contributed by atoms with Gasteiger partial charge < -0.3 is 4.90 Å². The van der Waals surface area contributed by atoms with E-state index in [4.69, 9.17) is 0 Å². The lowest BCUT2D eigenvalue weighted by molar-refractivity contribution is -0.115. The summed E-state index contributed by atoms with van der Waals surface area (Å²) < 4.78 is 0. The molecule has 0 radical (unpaired) electrons. The molecule has 0 saturated carbocycles. The largest absolute Gasteiger partial charge is 0.324 e. The fraction of sp³-hybridized carbons (Fsp3) is 0.500. The number of allylic oxidation sites excluding steroid dienone is 3. The summed E-state index contributed by atoms with van der Waals surface area (Å²) in [5.41, 5.74) is 0. The molecule has 0 aromatic heterocycles. The number of imide groups is 1. The van der Waals surface area contributed by atoms with Crippen LogP contribution in [0.3, 0.4) is 0 Å². The molecule has 0 unspecified atom stereocenters. The Morgan fingerprint density at radius 3 is 2.44 bits per heavy atom. The highest BCUT2D eigenvalue weighted by molar-refractivity contribution is 6.00. The second kappa shape index (κ2) is 6.82. The summed E-state index contributed by atoms with van der Waals surface area (Å²) in [5, 5.41) is 2.34. The van der Waals surface area contributed by atoms with Gasteiger partial charge in [-0.2, -0.15) is 0 Å². The third kappa shape index (κ3) is 4.29. The number of hydrogen-bond donors (Lipinski definition) is 1. The predicted octanol–water partition coefficient (Wildman–Crippen LogP) is 1.84. The van der Waals surface area contributed by atoms with E-state index in [1.807, 2.05) is 13.0 Å². The molecule has 4 heteroatoms. The van der Waals surface area contributed by atoms with E-state index in [1.54, 1.807) is 17.1 Å². The zero-order chi connectivity index (χ0) is 11.8. The number of likely N-dealkylation sites (tertiary alicyclic amines) is 1. The summed E-state index contributed by atoms with van der Waals surface area (Å²) >= 11 is 0. The first-order valence-electron chi connectivity index (χ1n) is 5.63. The average Bonchev–Trinajstić information content (AvgIpc) is 2.30. The van der Waals surface area contributed by atoms with E-state index in [1.165, 1.54) is 12.5 Å². The first-order valence-corrected chi connectivity index (χ1v) is 5.63. The van der Waals surface area contributed by atoms with Gasteiger partial charge in [0.25, 0.3) is 5.91 Å². The van der Waals surface area contributed by atoms with Crippen LogP contribution in [0.4, 0.5) is 4.79 Å². The van der Waals surface area contributed by atoms with Gasteiger partial charge in [0, 0.05) is 19.2 Å². The van der Waals surface area contributed by atoms with Crippen LogP contribution in [0.25, 0.3) is 0 Å². The van der Waals surface area contributed by atoms with Crippen molar-refractivity contribution >= 4 is 11.9 Å². The molecule has 0 aliphatic carbocycles. The molecule has 1 aliphatic rings. The maximum Gasteiger partial charge on any atom is 0.324 e. The molecule has 88 valence electrons. The second-order valence-corrected chi connectivity index (χ2v) is 3.73. The van der Waals surface area contributed by atoms with Gasteiger partial charge in [-0.25, -0.2) is 4.79 Å². The molecular weight excluding hydrogens is 204 g/mol. The zero-order valence-electron chi connectivity index (χ0n) is 9.61. The number of carbonyl (C=O) groups excluding carboxylic acids is 2. The van der Waals surface area contributed by atoms with Crippen molar-refractivity contribution in [1.29, 1.82) is 0 Å². The van der Waals surface area contributed by atoms with Crippen molar-refractivity contribution in [1.82, 2.24) is 10.2 Å². The molecule has 16 heavy (non-hydrogen) atoms. The fourth-order valence-electron chi connectivity index (χ4n) is 1.58. The first kappa shape index (κ1) is 12.5. The lowest BCUT2D eigenvalue weighted by Crippen LogP contribution is -2.44. The van der Waals surface area contributed by atoms with Gasteiger partial charge in [-0.15, -0.1) is 0 Å². The number of rotatable bonds is 2. The smallest absolute Gasteiger partial charge is 0.324 e. The lowest BCUT2D eigenvalue weighted by Gasteiger charge is -2.26. The van der Waals surface area contributed by atoms with E-state index >= 15 is 0 Å². The summed E-state index contributed by atoms with van der Waals surface area (Å²) in [6.45, 7) is 3.36. The highest BCUT2D eigenvalue weighted by Crippen LogP contribution is 2.08. The molecule has 1 aliphatic heterocycles. The Kier molecular flexibility index (Phi) is 5.32. The molecule has 0 atom stereocenters. The third-order valence-corrected chi connectivity index (χ3v) is 2.42. The van der Waals surface area contributed by atoms with Crippen molar-refractivity contribution in [2.75, 3.05) is 13.1 Å². The van der Waals surface area contributed by atoms with Gasteiger partial charge in [0.2, 0.25) is 0 Å². The topological polar surface area (TPSA) is 49.4 Å². The Morgan fingerprint density at radius 1 is 1.12 bits per heavy atom. The monoisotopic (exact) mass is 222 g/mol. The Balaban J connectivity index is 2.35. The van der Waals surface area contributed by atoms with Crippen LogP contribution < -0.4 is 5.32 Å². The molecule has 1 N–H and O–H groups in total. The number of nitrogens with zero attached hydrogens (tertiary/aromatic N) is 1. The Labute approximate surface area is 96.0 Å². The van der Waals surface area contributed by atoms with E-state index in [9.17, 15) is 9.59 Å². The van der Waals surface area contributed by atoms with Crippen LogP contribution in [0.15, 0.2) is 24.3 Å². The van der Waals surface area contributed by atoms with Crippen molar-refractivity contribution in [2.45, 2.75) is 26.2 Å². The van der Waals surface area contributed by atoms with Crippen LogP contribution in [0.5, 0.6) is 0 Å². The molecule has 4 nitrogen and oxygen atoms in total. The van der Waals surface area contributed by atoms with Crippen molar-refractivity contribution in [2.24, 2.45) is 0 Å². The SMILES string of the molecule is C/C=C/C=C/C(=O)NC(=O)N1CCCCC1. The summed E-state index contributed by atoms with van der Waals surface area (Å²) in [7, 11) is 0. The molecular formula is C12H18N2O2. The van der Waals surface area contributed by atoms with E-state index < -0.39 is 0 Å². The Hall–Kier alpha value is -1.58. The molecule has 1 fully saturated rings. The molecule has 0 bridgehead atoms. The minimum atomic E-state index is -0.367. The number of carbonyl (C=O) groups is 2. The number of hydrogen-bond acceptors (Lipinski definition) is 2. The van der Waals surface area contributed by atoms with Crippen molar-refractivity contribution in [3.8, 4) is 0 Å². The summed E-state index contributed by atoms with van der Waals surface area (Å²) in [5.74, 6) is -0.367. The molecule has 0 spiro atoms. The average molecular weight is 222 g/mol. The molecule has 3 amide bonds. The number of urea groups is 1. The Morgan fingerprint density at radius 2 is 1.81 bits per heavy atom. The van der Waals surface area contributed by atoms with Gasteiger partial charge in [-0.05, 0) is 26.2 Å². The van der Waals surface area contributed by atoms with E-state index in [0.29, 0.717) is 0 Å².